The van der Waals surface area contributed by atoms with Crippen LogP contribution in [0.4, 0.5) is 0 Å². The third-order valence-electron chi connectivity index (χ3n) is 2.67. The van der Waals surface area contributed by atoms with Crippen LogP contribution in [0.25, 0.3) is 0 Å². The van der Waals surface area contributed by atoms with Crippen LogP contribution >= 0.6 is 0 Å². The number of carbonyl (C=O) groups is 1. The molecule has 0 aliphatic carbocycles. The Kier molecular flexibility index (Phi) is 3.02. The average molecular weight is 205 g/mol. The quantitative estimate of drug-likeness (QED) is 0.742. The van der Waals surface area contributed by atoms with E-state index in [1.807, 2.05) is 31.2 Å². The minimum absolute atomic E-state index is 0.128. The molecule has 0 saturated carbocycles. The van der Waals surface area contributed by atoms with Crippen LogP contribution in [0.1, 0.15) is 24.0 Å². The summed E-state index contributed by atoms with van der Waals surface area (Å²) in [5, 5.41) is 3.23. The van der Waals surface area contributed by atoms with Crippen molar-refractivity contribution in [1.29, 1.82) is 0 Å². The van der Waals surface area contributed by atoms with Crippen LogP contribution in [-0.2, 0) is 16.1 Å². The van der Waals surface area contributed by atoms with Gasteiger partial charge in [-0.2, -0.15) is 0 Å². The Labute approximate surface area is 89.4 Å². The van der Waals surface area contributed by atoms with E-state index in [1.165, 1.54) is 5.56 Å². The molecule has 0 amide bonds. The van der Waals surface area contributed by atoms with Crippen LogP contribution in [0.2, 0.25) is 0 Å². The van der Waals surface area contributed by atoms with Crippen molar-refractivity contribution in [3.63, 3.8) is 0 Å². The van der Waals surface area contributed by atoms with Crippen molar-refractivity contribution >= 4 is 5.97 Å². The van der Waals surface area contributed by atoms with Crippen LogP contribution in [0.3, 0.4) is 0 Å². The summed E-state index contributed by atoms with van der Waals surface area (Å²) in [5.74, 6) is -0.271. The van der Waals surface area contributed by atoms with E-state index in [-0.39, 0.29) is 11.9 Å². The second-order valence-electron chi connectivity index (χ2n) is 3.63. The molecule has 1 aromatic carbocycles. The van der Waals surface area contributed by atoms with Crippen molar-refractivity contribution < 1.29 is 9.53 Å². The summed E-state index contributed by atoms with van der Waals surface area (Å²) >= 11 is 0. The molecule has 1 aliphatic heterocycles. The molecule has 1 aromatic rings. The van der Waals surface area contributed by atoms with E-state index in [1.54, 1.807) is 0 Å². The molecule has 15 heavy (non-hydrogen) atoms. The molecule has 1 heterocycles. The van der Waals surface area contributed by atoms with Crippen molar-refractivity contribution in [2.24, 2.45) is 0 Å². The van der Waals surface area contributed by atoms with E-state index in [9.17, 15) is 4.79 Å². The summed E-state index contributed by atoms with van der Waals surface area (Å²) < 4.78 is 5.06. The lowest BCUT2D eigenvalue weighted by atomic mass is 9.91. The minimum atomic E-state index is -0.144. The highest BCUT2D eigenvalue weighted by molar-refractivity contribution is 5.79. The highest BCUT2D eigenvalue weighted by Crippen LogP contribution is 2.24. The van der Waals surface area contributed by atoms with Crippen LogP contribution in [0, 0.1) is 0 Å². The maximum absolute atomic E-state index is 11.7. The number of carbonyl (C=O) groups excluding carboxylic acids is 1. The predicted octanol–water partition coefficient (Wildman–Crippen LogP) is 1.44. The van der Waals surface area contributed by atoms with E-state index in [4.69, 9.17) is 4.74 Å². The molecule has 0 radical (unpaired) electrons. The number of hydrogen-bond acceptors (Lipinski definition) is 3. The lowest BCUT2D eigenvalue weighted by Crippen LogP contribution is -2.33. The number of esters is 1. The molecule has 1 N–H and O–H groups in total. The van der Waals surface area contributed by atoms with Gasteiger partial charge < -0.3 is 10.1 Å². The first kappa shape index (κ1) is 10.2. The van der Waals surface area contributed by atoms with E-state index >= 15 is 0 Å². The predicted molar refractivity (Wildman–Crippen MR) is 57.5 cm³/mol. The molecular formula is C12H15NO2. The highest BCUT2D eigenvalue weighted by atomic mass is 16.5. The van der Waals surface area contributed by atoms with Gasteiger partial charge >= 0.3 is 5.97 Å². The molecule has 0 bridgehead atoms. The van der Waals surface area contributed by atoms with Crippen molar-refractivity contribution in [1.82, 2.24) is 5.32 Å². The fraction of sp³-hybridized carbons (Fsp3) is 0.417. The van der Waals surface area contributed by atoms with Crippen LogP contribution in [0.5, 0.6) is 0 Å². The number of rotatable bonds is 2. The number of benzene rings is 1. The fourth-order valence-corrected chi connectivity index (χ4v) is 1.95. The SMILES string of the molecule is CCOC(=O)[C@H]1CNCc2ccccc21. The lowest BCUT2D eigenvalue weighted by molar-refractivity contribution is -0.145. The van der Waals surface area contributed by atoms with Gasteiger partial charge in [-0.05, 0) is 18.1 Å². The van der Waals surface area contributed by atoms with Gasteiger partial charge in [0, 0.05) is 13.1 Å². The molecule has 80 valence electrons. The van der Waals surface area contributed by atoms with Crippen LogP contribution in [-0.4, -0.2) is 19.1 Å². The molecule has 0 saturated heterocycles. The van der Waals surface area contributed by atoms with E-state index in [2.05, 4.69) is 5.32 Å². The zero-order chi connectivity index (χ0) is 10.7. The third kappa shape index (κ3) is 2.02. The standard InChI is InChI=1S/C12H15NO2/c1-2-15-12(14)11-8-13-7-9-5-3-4-6-10(9)11/h3-6,11,13H,2,7-8H2,1H3/t11-/m0/s1. The smallest absolute Gasteiger partial charge is 0.314 e. The topological polar surface area (TPSA) is 38.3 Å². The summed E-state index contributed by atoms with van der Waals surface area (Å²) in [6.45, 7) is 3.79. The lowest BCUT2D eigenvalue weighted by Gasteiger charge is -2.24. The Morgan fingerprint density at radius 3 is 3.13 bits per heavy atom. The van der Waals surface area contributed by atoms with Gasteiger partial charge in [-0.15, -0.1) is 0 Å². The Morgan fingerprint density at radius 2 is 2.33 bits per heavy atom. The molecule has 0 unspecified atom stereocenters. The maximum atomic E-state index is 11.7. The fourth-order valence-electron chi connectivity index (χ4n) is 1.95. The number of nitrogens with one attached hydrogen (secondary N) is 1. The molecule has 0 fully saturated rings. The van der Waals surface area contributed by atoms with Gasteiger partial charge in [0.15, 0.2) is 0 Å². The van der Waals surface area contributed by atoms with Gasteiger partial charge in [0.25, 0.3) is 0 Å². The zero-order valence-corrected chi connectivity index (χ0v) is 8.82. The van der Waals surface area contributed by atoms with Crippen LogP contribution < -0.4 is 5.32 Å². The monoisotopic (exact) mass is 205 g/mol. The van der Waals surface area contributed by atoms with Gasteiger partial charge in [-0.3, -0.25) is 4.79 Å². The average Bonchev–Trinajstić information content (AvgIpc) is 2.28. The van der Waals surface area contributed by atoms with Crippen molar-refractivity contribution in [2.75, 3.05) is 13.2 Å². The summed E-state index contributed by atoms with van der Waals surface area (Å²) in [7, 11) is 0. The van der Waals surface area contributed by atoms with Gasteiger partial charge in [0.1, 0.15) is 0 Å². The highest BCUT2D eigenvalue weighted by Gasteiger charge is 2.26. The molecule has 2 rings (SSSR count). The number of hydrogen-bond donors (Lipinski definition) is 1. The molecule has 0 spiro atoms. The molecule has 3 nitrogen and oxygen atoms in total. The summed E-state index contributed by atoms with van der Waals surface area (Å²) in [4.78, 5) is 11.7. The first-order chi connectivity index (χ1) is 7.33. The van der Waals surface area contributed by atoms with E-state index in [0.29, 0.717) is 13.2 Å². The Morgan fingerprint density at radius 1 is 1.53 bits per heavy atom. The molecule has 3 heteroatoms. The van der Waals surface area contributed by atoms with Crippen molar-refractivity contribution in [3.05, 3.63) is 35.4 Å². The Hall–Kier alpha value is -1.35. The summed E-state index contributed by atoms with van der Waals surface area (Å²) in [5.41, 5.74) is 2.30. The first-order valence-corrected chi connectivity index (χ1v) is 5.28. The largest absolute Gasteiger partial charge is 0.465 e. The second kappa shape index (κ2) is 4.45. The molecule has 1 atom stereocenters. The van der Waals surface area contributed by atoms with E-state index < -0.39 is 0 Å². The van der Waals surface area contributed by atoms with Gasteiger partial charge in [0.2, 0.25) is 0 Å². The second-order valence-corrected chi connectivity index (χ2v) is 3.63. The first-order valence-electron chi connectivity index (χ1n) is 5.28. The molecule has 0 aromatic heterocycles. The summed E-state index contributed by atoms with van der Waals surface area (Å²) in [6, 6.07) is 8.02. The molecular weight excluding hydrogens is 190 g/mol. The molecule has 1 aliphatic rings. The van der Waals surface area contributed by atoms with Crippen LogP contribution in [0.15, 0.2) is 24.3 Å². The van der Waals surface area contributed by atoms with Gasteiger partial charge in [-0.1, -0.05) is 24.3 Å². The number of ether oxygens (including phenoxy) is 1. The van der Waals surface area contributed by atoms with Crippen molar-refractivity contribution in [2.45, 2.75) is 19.4 Å². The third-order valence-corrected chi connectivity index (χ3v) is 2.67. The zero-order valence-electron chi connectivity index (χ0n) is 8.82. The Bertz CT molecular complexity index is 362. The maximum Gasteiger partial charge on any atom is 0.314 e. The Balaban J connectivity index is 2.25. The number of fused-ring (bicyclic) bond motifs is 1. The van der Waals surface area contributed by atoms with Gasteiger partial charge in [-0.25, -0.2) is 0 Å². The normalized spacial score (nSPS) is 19.4. The minimum Gasteiger partial charge on any atom is -0.465 e. The van der Waals surface area contributed by atoms with Gasteiger partial charge in [0.05, 0.1) is 12.5 Å². The van der Waals surface area contributed by atoms with Crippen molar-refractivity contribution in [3.8, 4) is 0 Å². The van der Waals surface area contributed by atoms with E-state index in [0.717, 1.165) is 12.1 Å². The summed E-state index contributed by atoms with van der Waals surface area (Å²) in [6.07, 6.45) is 0.